The molecule has 0 aliphatic carbocycles. The maximum absolute atomic E-state index is 11.6. The zero-order valence-electron chi connectivity index (χ0n) is 9.46. The summed E-state index contributed by atoms with van der Waals surface area (Å²) in [5.41, 5.74) is 0.198. The quantitative estimate of drug-likeness (QED) is 0.249. The summed E-state index contributed by atoms with van der Waals surface area (Å²) in [6.45, 7) is 2.13. The van der Waals surface area contributed by atoms with Crippen LogP contribution in [0, 0.1) is 10.1 Å². The van der Waals surface area contributed by atoms with E-state index in [2.05, 4.69) is 0 Å². The van der Waals surface area contributed by atoms with E-state index in [1.54, 1.807) is 6.08 Å². The smallest absolute Gasteiger partial charge is 0.270 e. The van der Waals surface area contributed by atoms with Gasteiger partial charge >= 0.3 is 0 Å². The summed E-state index contributed by atoms with van der Waals surface area (Å²) < 4.78 is 5.08. The molecule has 0 bridgehead atoms. The zero-order valence-corrected chi connectivity index (χ0v) is 9.46. The third-order valence-electron chi connectivity index (χ3n) is 2.06. The van der Waals surface area contributed by atoms with E-state index in [0.717, 1.165) is 0 Å². The van der Waals surface area contributed by atoms with Crippen molar-refractivity contribution < 1.29 is 14.5 Å². The highest BCUT2D eigenvalue weighted by molar-refractivity contribution is 5.97. The van der Waals surface area contributed by atoms with Crippen LogP contribution in [0.3, 0.4) is 0 Å². The Morgan fingerprint density at radius 2 is 2.29 bits per heavy atom. The van der Waals surface area contributed by atoms with Gasteiger partial charge in [-0.2, -0.15) is 0 Å². The minimum absolute atomic E-state index is 0.0779. The first-order valence-electron chi connectivity index (χ1n) is 5.11. The largest absolute Gasteiger partial charge is 0.369 e. The lowest BCUT2D eigenvalue weighted by molar-refractivity contribution is -0.384. The topological polar surface area (TPSA) is 69.4 Å². The Bertz CT molecular complexity index is 440. The molecular weight excluding hydrogens is 222 g/mol. The number of allylic oxidation sites excluding steroid dienone is 1. The number of ether oxygens (including phenoxy) is 1. The molecule has 0 aliphatic heterocycles. The fraction of sp³-hybridized carbons (Fsp3) is 0.250. The second-order valence-corrected chi connectivity index (χ2v) is 3.31. The van der Waals surface area contributed by atoms with Crippen LogP contribution in [0.5, 0.6) is 0 Å². The molecule has 0 spiro atoms. The Balaban J connectivity index is 2.62. The van der Waals surface area contributed by atoms with Gasteiger partial charge in [0.25, 0.3) is 5.69 Å². The summed E-state index contributed by atoms with van der Waals surface area (Å²) in [6.07, 6.45) is 3.60. The van der Waals surface area contributed by atoms with E-state index in [-0.39, 0.29) is 18.1 Å². The Hall–Kier alpha value is -2.01. The number of benzene rings is 1. The number of Topliss-reactive ketones (excluding diaryl/α,β-unsaturated/α-hetero) is 1. The number of nitro benzene ring substituents is 1. The van der Waals surface area contributed by atoms with Crippen LogP contribution in [0.1, 0.15) is 17.3 Å². The lowest BCUT2D eigenvalue weighted by Gasteiger charge is -2.01. The molecule has 0 N–H and O–H groups in total. The maximum Gasteiger partial charge on any atom is 0.270 e. The molecule has 5 nitrogen and oxygen atoms in total. The molecule has 90 valence electrons. The number of rotatable bonds is 6. The van der Waals surface area contributed by atoms with Crippen LogP contribution in [-0.4, -0.2) is 23.9 Å². The van der Waals surface area contributed by atoms with Gasteiger partial charge in [0.1, 0.15) is 6.61 Å². The van der Waals surface area contributed by atoms with Gasteiger partial charge in [0.15, 0.2) is 5.78 Å². The molecule has 1 aromatic carbocycles. The van der Waals surface area contributed by atoms with Crippen molar-refractivity contribution in [3.63, 3.8) is 0 Å². The molecule has 0 amide bonds. The summed E-state index contributed by atoms with van der Waals surface area (Å²) in [5.74, 6) is -0.266. The van der Waals surface area contributed by atoms with Crippen LogP contribution < -0.4 is 0 Å². The third-order valence-corrected chi connectivity index (χ3v) is 2.06. The van der Waals surface area contributed by atoms with Gasteiger partial charge in [0.2, 0.25) is 0 Å². The van der Waals surface area contributed by atoms with E-state index >= 15 is 0 Å². The van der Waals surface area contributed by atoms with E-state index in [1.807, 2.05) is 13.0 Å². The number of carbonyl (C=O) groups excluding carboxylic acids is 1. The molecule has 0 atom stereocenters. The predicted molar refractivity (Wildman–Crippen MR) is 63.1 cm³/mol. The molecule has 5 heteroatoms. The van der Waals surface area contributed by atoms with Crippen LogP contribution in [0.15, 0.2) is 36.4 Å². The number of hydrogen-bond donors (Lipinski definition) is 0. The van der Waals surface area contributed by atoms with Crippen molar-refractivity contribution in [2.75, 3.05) is 13.2 Å². The van der Waals surface area contributed by atoms with Crippen molar-refractivity contribution in [2.24, 2.45) is 0 Å². The summed E-state index contributed by atoms with van der Waals surface area (Å²) in [5, 5.41) is 10.5. The Kier molecular flexibility index (Phi) is 5.03. The van der Waals surface area contributed by atoms with E-state index < -0.39 is 4.92 Å². The number of ketones is 1. The molecular formula is C12H13NO4. The molecule has 0 aromatic heterocycles. The minimum Gasteiger partial charge on any atom is -0.369 e. The molecule has 1 rings (SSSR count). The summed E-state index contributed by atoms with van der Waals surface area (Å²) >= 11 is 0. The average molecular weight is 235 g/mol. The highest BCUT2D eigenvalue weighted by atomic mass is 16.6. The molecule has 0 radical (unpaired) electrons. The first kappa shape index (κ1) is 13.1. The second kappa shape index (κ2) is 6.55. The standard InChI is InChI=1S/C12H13NO4/c1-2-3-7-17-9-12(14)10-5-4-6-11(8-10)13(15)16/h2-6,8H,7,9H2,1H3. The highest BCUT2D eigenvalue weighted by Crippen LogP contribution is 2.13. The maximum atomic E-state index is 11.6. The Labute approximate surface area is 98.9 Å². The molecule has 0 saturated heterocycles. The van der Waals surface area contributed by atoms with Crippen LogP contribution in [0.25, 0.3) is 0 Å². The van der Waals surface area contributed by atoms with Gasteiger partial charge in [-0.25, -0.2) is 0 Å². The second-order valence-electron chi connectivity index (χ2n) is 3.31. The Morgan fingerprint density at radius 1 is 1.53 bits per heavy atom. The molecule has 0 unspecified atom stereocenters. The monoisotopic (exact) mass is 235 g/mol. The van der Waals surface area contributed by atoms with Gasteiger partial charge in [-0.1, -0.05) is 24.3 Å². The molecule has 0 saturated carbocycles. The molecule has 0 heterocycles. The van der Waals surface area contributed by atoms with Gasteiger partial charge in [-0.15, -0.1) is 0 Å². The van der Waals surface area contributed by atoms with E-state index in [1.165, 1.54) is 24.3 Å². The van der Waals surface area contributed by atoms with Crippen molar-refractivity contribution in [1.29, 1.82) is 0 Å². The number of nitrogens with zero attached hydrogens (tertiary/aromatic N) is 1. The van der Waals surface area contributed by atoms with E-state index in [9.17, 15) is 14.9 Å². The Morgan fingerprint density at radius 3 is 2.94 bits per heavy atom. The van der Waals surface area contributed by atoms with Crippen LogP contribution in [0.2, 0.25) is 0 Å². The normalized spacial score (nSPS) is 10.6. The van der Waals surface area contributed by atoms with E-state index in [4.69, 9.17) is 4.74 Å². The minimum atomic E-state index is -0.530. The average Bonchev–Trinajstić information content (AvgIpc) is 2.34. The first-order valence-corrected chi connectivity index (χ1v) is 5.11. The zero-order chi connectivity index (χ0) is 12.7. The number of hydrogen-bond acceptors (Lipinski definition) is 4. The fourth-order valence-electron chi connectivity index (χ4n) is 1.19. The highest BCUT2D eigenvalue weighted by Gasteiger charge is 2.11. The van der Waals surface area contributed by atoms with Gasteiger partial charge in [0, 0.05) is 17.7 Å². The van der Waals surface area contributed by atoms with Gasteiger partial charge in [-0.05, 0) is 6.92 Å². The van der Waals surface area contributed by atoms with Crippen molar-refractivity contribution in [3.05, 3.63) is 52.1 Å². The molecule has 17 heavy (non-hydrogen) atoms. The molecule has 1 aromatic rings. The third kappa shape index (κ3) is 4.16. The summed E-state index contributed by atoms with van der Waals surface area (Å²) in [6, 6.07) is 5.62. The molecule has 0 aliphatic rings. The molecule has 0 fully saturated rings. The van der Waals surface area contributed by atoms with Crippen LogP contribution in [0.4, 0.5) is 5.69 Å². The summed E-state index contributed by atoms with van der Waals surface area (Å²) in [4.78, 5) is 21.6. The van der Waals surface area contributed by atoms with Crippen LogP contribution in [-0.2, 0) is 4.74 Å². The van der Waals surface area contributed by atoms with Crippen LogP contribution >= 0.6 is 0 Å². The number of non-ortho nitro benzene ring substituents is 1. The van der Waals surface area contributed by atoms with Crippen molar-refractivity contribution in [3.8, 4) is 0 Å². The first-order chi connectivity index (χ1) is 8.15. The lowest BCUT2D eigenvalue weighted by atomic mass is 10.1. The lowest BCUT2D eigenvalue weighted by Crippen LogP contribution is -2.09. The van der Waals surface area contributed by atoms with Crippen molar-refractivity contribution >= 4 is 11.5 Å². The van der Waals surface area contributed by atoms with Gasteiger partial charge < -0.3 is 4.74 Å². The SMILES string of the molecule is CC=CCOCC(=O)c1cccc([N+](=O)[O-])c1. The number of carbonyl (C=O) groups is 1. The predicted octanol–water partition coefficient (Wildman–Crippen LogP) is 2.37. The van der Waals surface area contributed by atoms with Gasteiger partial charge in [-0.3, -0.25) is 14.9 Å². The summed E-state index contributed by atoms with van der Waals surface area (Å²) in [7, 11) is 0. The van der Waals surface area contributed by atoms with Crippen molar-refractivity contribution in [1.82, 2.24) is 0 Å². The number of nitro groups is 1. The fourth-order valence-corrected chi connectivity index (χ4v) is 1.19. The van der Waals surface area contributed by atoms with Crippen molar-refractivity contribution in [2.45, 2.75) is 6.92 Å². The van der Waals surface area contributed by atoms with E-state index in [0.29, 0.717) is 12.2 Å². The van der Waals surface area contributed by atoms with Gasteiger partial charge in [0.05, 0.1) is 11.5 Å².